The second kappa shape index (κ2) is 8.25. The zero-order valence-electron chi connectivity index (χ0n) is 15.8. The van der Waals surface area contributed by atoms with Crippen LogP contribution >= 0.6 is 28.1 Å². The number of aryl methyl sites for hydroxylation is 1. The number of carbonyl (C=O) groups is 1. The van der Waals surface area contributed by atoms with Gasteiger partial charge in [-0.25, -0.2) is 4.98 Å². The van der Waals surface area contributed by atoms with E-state index in [2.05, 4.69) is 31.5 Å². The SMILES string of the molecule is Cc1cc(NC(=S)NC(=O)c2ccccc2Br)cc(-c2nc3ccccc3o2)c1O. The zero-order chi connectivity index (χ0) is 21.3. The van der Waals surface area contributed by atoms with E-state index in [0.717, 1.165) is 0 Å². The van der Waals surface area contributed by atoms with Crippen molar-refractivity contribution in [2.24, 2.45) is 0 Å². The second-order valence-corrected chi connectivity index (χ2v) is 7.83. The maximum atomic E-state index is 12.4. The molecule has 150 valence electrons. The highest BCUT2D eigenvalue weighted by molar-refractivity contribution is 9.10. The van der Waals surface area contributed by atoms with E-state index in [1.807, 2.05) is 30.3 Å². The lowest BCUT2D eigenvalue weighted by molar-refractivity contribution is 0.0977. The van der Waals surface area contributed by atoms with E-state index in [1.54, 1.807) is 37.3 Å². The van der Waals surface area contributed by atoms with Gasteiger partial charge in [-0.05, 0) is 77.0 Å². The zero-order valence-corrected chi connectivity index (χ0v) is 18.2. The van der Waals surface area contributed by atoms with Gasteiger partial charge in [0.2, 0.25) is 5.89 Å². The summed E-state index contributed by atoms with van der Waals surface area (Å²) in [6.07, 6.45) is 0. The van der Waals surface area contributed by atoms with Crippen molar-refractivity contribution in [1.82, 2.24) is 10.3 Å². The van der Waals surface area contributed by atoms with Gasteiger partial charge in [-0.15, -0.1) is 0 Å². The Balaban J connectivity index is 1.58. The van der Waals surface area contributed by atoms with Crippen molar-refractivity contribution in [3.05, 3.63) is 76.3 Å². The number of nitrogens with zero attached hydrogens (tertiary/aromatic N) is 1. The van der Waals surface area contributed by atoms with Crippen LogP contribution < -0.4 is 10.6 Å². The Hall–Kier alpha value is -3.23. The molecule has 0 bridgehead atoms. The summed E-state index contributed by atoms with van der Waals surface area (Å²) in [5, 5.41) is 16.3. The third kappa shape index (κ3) is 4.05. The Labute approximate surface area is 186 Å². The number of thiocarbonyl (C=S) groups is 1. The van der Waals surface area contributed by atoms with E-state index in [0.29, 0.717) is 43.8 Å². The molecule has 0 saturated heterocycles. The maximum Gasteiger partial charge on any atom is 0.258 e. The Morgan fingerprint density at radius 2 is 1.87 bits per heavy atom. The van der Waals surface area contributed by atoms with Crippen LogP contribution in [0.1, 0.15) is 15.9 Å². The highest BCUT2D eigenvalue weighted by Gasteiger charge is 2.17. The highest BCUT2D eigenvalue weighted by Crippen LogP contribution is 2.36. The summed E-state index contributed by atoms with van der Waals surface area (Å²) in [5.74, 6) is 0.0218. The van der Waals surface area contributed by atoms with E-state index in [4.69, 9.17) is 16.6 Å². The fraction of sp³-hybridized carbons (Fsp3) is 0.0455. The standard InChI is InChI=1S/C22H16BrN3O3S/c1-12-10-13(24-22(30)26-20(28)14-6-2-3-7-16(14)23)11-15(19(12)27)21-25-17-8-4-5-9-18(17)29-21/h2-11,27H,1H3,(H2,24,26,28,30). The number of aromatic hydroxyl groups is 1. The van der Waals surface area contributed by atoms with Crippen LogP contribution in [0.25, 0.3) is 22.6 Å². The summed E-state index contributed by atoms with van der Waals surface area (Å²) in [5.41, 5.74) is 3.40. The molecule has 0 atom stereocenters. The molecule has 0 radical (unpaired) electrons. The number of anilines is 1. The quantitative estimate of drug-likeness (QED) is 0.268. The molecule has 0 saturated carbocycles. The van der Waals surface area contributed by atoms with E-state index >= 15 is 0 Å². The number of fused-ring (bicyclic) bond motifs is 1. The fourth-order valence-corrected chi connectivity index (χ4v) is 3.66. The van der Waals surface area contributed by atoms with Gasteiger partial charge in [0.05, 0.1) is 11.1 Å². The number of nitrogens with one attached hydrogen (secondary N) is 2. The summed E-state index contributed by atoms with van der Waals surface area (Å²) < 4.78 is 6.45. The van der Waals surface area contributed by atoms with Crippen molar-refractivity contribution >= 4 is 56.0 Å². The first-order valence-electron chi connectivity index (χ1n) is 8.99. The second-order valence-electron chi connectivity index (χ2n) is 6.56. The molecule has 1 aromatic heterocycles. The van der Waals surface area contributed by atoms with Crippen molar-refractivity contribution in [1.29, 1.82) is 0 Å². The van der Waals surface area contributed by atoms with Crippen molar-refractivity contribution in [3.8, 4) is 17.2 Å². The molecular formula is C22H16BrN3O3S. The smallest absolute Gasteiger partial charge is 0.258 e. The molecule has 0 aliphatic rings. The Morgan fingerprint density at radius 1 is 1.13 bits per heavy atom. The van der Waals surface area contributed by atoms with E-state index in [9.17, 15) is 9.90 Å². The van der Waals surface area contributed by atoms with Gasteiger partial charge in [-0.2, -0.15) is 0 Å². The average molecular weight is 482 g/mol. The van der Waals surface area contributed by atoms with Gasteiger partial charge in [0.1, 0.15) is 11.3 Å². The molecule has 30 heavy (non-hydrogen) atoms. The molecule has 4 aromatic rings. The van der Waals surface area contributed by atoms with E-state index in [-0.39, 0.29) is 16.8 Å². The topological polar surface area (TPSA) is 87.4 Å². The van der Waals surface area contributed by atoms with Gasteiger partial charge < -0.3 is 14.8 Å². The molecule has 6 nitrogen and oxygen atoms in total. The molecule has 0 spiro atoms. The number of hydrogen-bond donors (Lipinski definition) is 3. The molecule has 1 amide bonds. The molecular weight excluding hydrogens is 466 g/mol. The predicted octanol–water partition coefficient (Wildman–Crippen LogP) is 5.40. The molecule has 1 heterocycles. The number of para-hydroxylation sites is 2. The van der Waals surface area contributed by atoms with Crippen molar-refractivity contribution in [2.45, 2.75) is 6.92 Å². The fourth-order valence-electron chi connectivity index (χ4n) is 2.98. The van der Waals surface area contributed by atoms with Crippen molar-refractivity contribution in [2.75, 3.05) is 5.32 Å². The largest absolute Gasteiger partial charge is 0.507 e. The number of hydrogen-bond acceptors (Lipinski definition) is 5. The number of rotatable bonds is 3. The minimum absolute atomic E-state index is 0.0651. The number of phenols is 1. The summed E-state index contributed by atoms with van der Waals surface area (Å²) in [4.78, 5) is 16.9. The van der Waals surface area contributed by atoms with Crippen LogP contribution in [-0.2, 0) is 0 Å². The summed E-state index contributed by atoms with van der Waals surface area (Å²) in [7, 11) is 0. The molecule has 0 unspecified atom stereocenters. The summed E-state index contributed by atoms with van der Waals surface area (Å²) >= 11 is 8.64. The molecule has 8 heteroatoms. The van der Waals surface area contributed by atoms with Crippen LogP contribution in [0, 0.1) is 6.92 Å². The third-order valence-electron chi connectivity index (χ3n) is 4.43. The first kappa shape index (κ1) is 20.1. The number of amides is 1. The minimum Gasteiger partial charge on any atom is -0.507 e. The van der Waals surface area contributed by atoms with Crippen LogP contribution in [-0.4, -0.2) is 21.1 Å². The monoisotopic (exact) mass is 481 g/mol. The Bertz CT molecular complexity index is 1250. The van der Waals surface area contributed by atoms with E-state index < -0.39 is 0 Å². The first-order valence-corrected chi connectivity index (χ1v) is 10.2. The first-order chi connectivity index (χ1) is 14.4. The lowest BCUT2D eigenvalue weighted by atomic mass is 10.1. The molecule has 0 fully saturated rings. The Kier molecular flexibility index (Phi) is 5.52. The number of aromatic nitrogens is 1. The van der Waals surface area contributed by atoms with Crippen molar-refractivity contribution < 1.29 is 14.3 Å². The lowest BCUT2D eigenvalue weighted by Gasteiger charge is -2.13. The summed E-state index contributed by atoms with van der Waals surface area (Å²) in [6, 6.07) is 17.8. The van der Waals surface area contributed by atoms with Gasteiger partial charge in [0.15, 0.2) is 10.7 Å². The lowest BCUT2D eigenvalue weighted by Crippen LogP contribution is -2.34. The third-order valence-corrected chi connectivity index (χ3v) is 5.32. The predicted molar refractivity (Wildman–Crippen MR) is 124 cm³/mol. The molecule has 0 aliphatic heterocycles. The van der Waals surface area contributed by atoms with Gasteiger partial charge in [-0.1, -0.05) is 24.3 Å². The molecule has 0 aliphatic carbocycles. The van der Waals surface area contributed by atoms with E-state index in [1.165, 1.54) is 0 Å². The van der Waals surface area contributed by atoms with Crippen LogP contribution in [0.4, 0.5) is 5.69 Å². The number of oxazole rings is 1. The van der Waals surface area contributed by atoms with Crippen LogP contribution in [0.2, 0.25) is 0 Å². The number of benzene rings is 3. The van der Waals surface area contributed by atoms with Gasteiger partial charge in [0.25, 0.3) is 5.91 Å². The maximum absolute atomic E-state index is 12.4. The van der Waals surface area contributed by atoms with Gasteiger partial charge >= 0.3 is 0 Å². The molecule has 3 aromatic carbocycles. The minimum atomic E-state index is -0.338. The molecule has 4 rings (SSSR count). The normalized spacial score (nSPS) is 10.7. The van der Waals surface area contributed by atoms with Gasteiger partial charge in [-0.3, -0.25) is 10.1 Å². The average Bonchev–Trinajstić information content (AvgIpc) is 3.14. The summed E-state index contributed by atoms with van der Waals surface area (Å²) in [6.45, 7) is 1.76. The number of phenolic OH excluding ortho intramolecular Hbond substituents is 1. The van der Waals surface area contributed by atoms with Crippen LogP contribution in [0.3, 0.4) is 0 Å². The van der Waals surface area contributed by atoms with Crippen molar-refractivity contribution in [3.63, 3.8) is 0 Å². The Morgan fingerprint density at radius 3 is 2.63 bits per heavy atom. The number of carbonyl (C=O) groups excluding carboxylic acids is 1. The number of halogens is 1. The van der Waals surface area contributed by atoms with Gasteiger partial charge in [0, 0.05) is 10.2 Å². The molecule has 3 N–H and O–H groups in total. The highest BCUT2D eigenvalue weighted by atomic mass is 79.9. The van der Waals surface area contributed by atoms with Crippen LogP contribution in [0.5, 0.6) is 5.75 Å². The van der Waals surface area contributed by atoms with Crippen LogP contribution in [0.15, 0.2) is 69.6 Å².